The molecule has 0 saturated heterocycles. The van der Waals surface area contributed by atoms with Gasteiger partial charge in [0.05, 0.1) is 16.3 Å². The standard InChI is InChI=1S/C15H16FNO2S/c1-9(2)15-17-12(8-20-15)7-19-14-5-4-11(16)6-13(14)10(3)18/h4-6,8-9H,7H2,1-3H3. The van der Waals surface area contributed by atoms with Crippen LogP contribution in [0.25, 0.3) is 0 Å². The summed E-state index contributed by atoms with van der Waals surface area (Å²) in [4.78, 5) is 15.9. The summed E-state index contributed by atoms with van der Waals surface area (Å²) < 4.78 is 18.7. The van der Waals surface area contributed by atoms with Gasteiger partial charge >= 0.3 is 0 Å². The molecule has 0 saturated carbocycles. The fraction of sp³-hybridized carbons (Fsp3) is 0.333. The van der Waals surface area contributed by atoms with E-state index in [2.05, 4.69) is 18.8 Å². The summed E-state index contributed by atoms with van der Waals surface area (Å²) in [5.41, 5.74) is 1.07. The first-order valence-corrected chi connectivity index (χ1v) is 7.23. The maximum absolute atomic E-state index is 13.1. The second-order valence-corrected chi connectivity index (χ2v) is 5.71. The number of benzene rings is 1. The lowest BCUT2D eigenvalue weighted by Gasteiger charge is -2.08. The van der Waals surface area contributed by atoms with E-state index in [4.69, 9.17) is 4.74 Å². The summed E-state index contributed by atoms with van der Waals surface area (Å²) in [6.07, 6.45) is 0. The van der Waals surface area contributed by atoms with E-state index in [1.165, 1.54) is 25.1 Å². The number of Topliss-reactive ketones (excluding diaryl/α,β-unsaturated/α-hetero) is 1. The molecule has 1 aromatic carbocycles. The Balaban J connectivity index is 2.12. The minimum absolute atomic E-state index is 0.222. The Morgan fingerprint density at radius 3 is 2.80 bits per heavy atom. The molecule has 1 heterocycles. The van der Waals surface area contributed by atoms with Crippen LogP contribution in [-0.4, -0.2) is 10.8 Å². The SMILES string of the molecule is CC(=O)c1cc(F)ccc1OCc1csc(C(C)C)n1. The molecule has 0 unspecified atom stereocenters. The Bertz CT molecular complexity index is 622. The number of ether oxygens (including phenoxy) is 1. The molecule has 0 bridgehead atoms. The van der Waals surface area contributed by atoms with Crippen LogP contribution >= 0.6 is 11.3 Å². The van der Waals surface area contributed by atoms with Gasteiger partial charge in [-0.05, 0) is 25.1 Å². The molecule has 5 heteroatoms. The number of ketones is 1. The molecule has 0 spiro atoms. The van der Waals surface area contributed by atoms with Crippen molar-refractivity contribution in [1.29, 1.82) is 0 Å². The normalized spacial score (nSPS) is 10.8. The van der Waals surface area contributed by atoms with Crippen molar-refractivity contribution in [2.45, 2.75) is 33.3 Å². The molecule has 0 N–H and O–H groups in total. The van der Waals surface area contributed by atoms with E-state index in [0.29, 0.717) is 11.7 Å². The first-order chi connectivity index (χ1) is 9.47. The number of hydrogen-bond donors (Lipinski definition) is 0. The molecule has 2 aromatic rings. The minimum atomic E-state index is -0.446. The Morgan fingerprint density at radius 1 is 1.45 bits per heavy atom. The average Bonchev–Trinajstić information content (AvgIpc) is 2.86. The highest BCUT2D eigenvalue weighted by atomic mass is 32.1. The summed E-state index contributed by atoms with van der Waals surface area (Å²) in [6, 6.07) is 3.95. The van der Waals surface area contributed by atoms with Gasteiger partial charge in [-0.1, -0.05) is 13.8 Å². The van der Waals surface area contributed by atoms with Crippen LogP contribution in [0.4, 0.5) is 4.39 Å². The lowest BCUT2D eigenvalue weighted by Crippen LogP contribution is -2.02. The zero-order valence-electron chi connectivity index (χ0n) is 11.6. The van der Waals surface area contributed by atoms with Crippen LogP contribution in [-0.2, 0) is 6.61 Å². The van der Waals surface area contributed by atoms with E-state index in [1.807, 2.05) is 5.38 Å². The zero-order chi connectivity index (χ0) is 14.7. The van der Waals surface area contributed by atoms with Crippen molar-refractivity contribution in [3.8, 4) is 5.75 Å². The van der Waals surface area contributed by atoms with Crippen LogP contribution in [0.1, 0.15) is 47.7 Å². The fourth-order valence-electron chi connectivity index (χ4n) is 1.71. The van der Waals surface area contributed by atoms with Crippen LogP contribution in [0.3, 0.4) is 0 Å². The number of hydrogen-bond acceptors (Lipinski definition) is 4. The van der Waals surface area contributed by atoms with E-state index in [1.54, 1.807) is 11.3 Å². The van der Waals surface area contributed by atoms with E-state index in [9.17, 15) is 9.18 Å². The maximum atomic E-state index is 13.1. The Kier molecular flexibility index (Phi) is 4.49. The van der Waals surface area contributed by atoms with Crippen LogP contribution in [0, 0.1) is 5.82 Å². The van der Waals surface area contributed by atoms with Gasteiger partial charge in [-0.2, -0.15) is 0 Å². The highest BCUT2D eigenvalue weighted by Crippen LogP contribution is 2.23. The van der Waals surface area contributed by atoms with Crippen LogP contribution < -0.4 is 4.74 Å². The maximum Gasteiger partial charge on any atom is 0.163 e. The lowest BCUT2D eigenvalue weighted by atomic mass is 10.1. The molecule has 0 radical (unpaired) electrons. The minimum Gasteiger partial charge on any atom is -0.487 e. The van der Waals surface area contributed by atoms with Crippen LogP contribution in [0.15, 0.2) is 23.6 Å². The molecule has 1 aromatic heterocycles. The Labute approximate surface area is 121 Å². The first kappa shape index (κ1) is 14.7. The molecule has 0 aliphatic heterocycles. The molecule has 0 amide bonds. The summed E-state index contributed by atoms with van der Waals surface area (Å²) in [5, 5.41) is 2.99. The van der Waals surface area contributed by atoms with Gasteiger partial charge in [0.15, 0.2) is 5.78 Å². The van der Waals surface area contributed by atoms with Gasteiger partial charge in [0, 0.05) is 11.3 Å². The number of thiazole rings is 1. The average molecular weight is 293 g/mol. The van der Waals surface area contributed by atoms with E-state index >= 15 is 0 Å². The summed E-state index contributed by atoms with van der Waals surface area (Å²) in [7, 11) is 0. The molecular formula is C15H16FNO2S. The van der Waals surface area contributed by atoms with Crippen LogP contribution in [0.5, 0.6) is 5.75 Å². The third-order valence-electron chi connectivity index (χ3n) is 2.76. The first-order valence-electron chi connectivity index (χ1n) is 6.35. The van der Waals surface area contributed by atoms with Gasteiger partial charge < -0.3 is 4.74 Å². The topological polar surface area (TPSA) is 39.2 Å². The van der Waals surface area contributed by atoms with Crippen molar-refractivity contribution in [2.24, 2.45) is 0 Å². The molecule has 0 fully saturated rings. The molecule has 3 nitrogen and oxygen atoms in total. The number of nitrogens with zero attached hydrogens (tertiary/aromatic N) is 1. The third-order valence-corrected chi connectivity index (χ3v) is 3.95. The molecule has 0 aliphatic carbocycles. The molecule has 0 aliphatic rings. The number of rotatable bonds is 5. The quantitative estimate of drug-likeness (QED) is 0.776. The highest BCUT2D eigenvalue weighted by molar-refractivity contribution is 7.09. The van der Waals surface area contributed by atoms with Crippen molar-refractivity contribution < 1.29 is 13.9 Å². The second kappa shape index (κ2) is 6.13. The van der Waals surface area contributed by atoms with Gasteiger partial charge in [-0.15, -0.1) is 11.3 Å². The monoisotopic (exact) mass is 293 g/mol. The number of carbonyl (C=O) groups excluding carboxylic acids is 1. The molecule has 106 valence electrons. The second-order valence-electron chi connectivity index (χ2n) is 4.82. The van der Waals surface area contributed by atoms with E-state index in [-0.39, 0.29) is 18.0 Å². The Hall–Kier alpha value is -1.75. The van der Waals surface area contributed by atoms with Crippen molar-refractivity contribution in [1.82, 2.24) is 4.98 Å². The molecule has 20 heavy (non-hydrogen) atoms. The summed E-state index contributed by atoms with van der Waals surface area (Å²) in [6.45, 7) is 5.82. The predicted octanol–water partition coefficient (Wildman–Crippen LogP) is 4.19. The van der Waals surface area contributed by atoms with Gasteiger partial charge in [0.25, 0.3) is 0 Å². The largest absolute Gasteiger partial charge is 0.487 e. The van der Waals surface area contributed by atoms with Crippen molar-refractivity contribution >= 4 is 17.1 Å². The van der Waals surface area contributed by atoms with Crippen molar-refractivity contribution in [2.75, 3.05) is 0 Å². The van der Waals surface area contributed by atoms with Gasteiger partial charge in [-0.3, -0.25) is 4.79 Å². The molecule has 2 rings (SSSR count). The smallest absolute Gasteiger partial charge is 0.163 e. The van der Waals surface area contributed by atoms with Crippen molar-refractivity contribution in [3.05, 3.63) is 45.7 Å². The van der Waals surface area contributed by atoms with E-state index < -0.39 is 5.82 Å². The fourth-order valence-corrected chi connectivity index (χ4v) is 2.53. The van der Waals surface area contributed by atoms with Crippen LogP contribution in [0.2, 0.25) is 0 Å². The molecule has 0 atom stereocenters. The Morgan fingerprint density at radius 2 is 2.20 bits per heavy atom. The third kappa shape index (κ3) is 3.42. The summed E-state index contributed by atoms with van der Waals surface area (Å²) in [5.74, 6) is 0.101. The number of carbonyl (C=O) groups is 1. The molecular weight excluding hydrogens is 277 g/mol. The number of aromatic nitrogens is 1. The number of halogens is 1. The van der Waals surface area contributed by atoms with Gasteiger partial charge in [0.2, 0.25) is 0 Å². The highest BCUT2D eigenvalue weighted by Gasteiger charge is 2.11. The summed E-state index contributed by atoms with van der Waals surface area (Å²) >= 11 is 1.59. The van der Waals surface area contributed by atoms with Gasteiger partial charge in [-0.25, -0.2) is 9.37 Å². The predicted molar refractivity (Wildman–Crippen MR) is 76.9 cm³/mol. The van der Waals surface area contributed by atoms with E-state index in [0.717, 1.165) is 10.7 Å². The van der Waals surface area contributed by atoms with Gasteiger partial charge in [0.1, 0.15) is 18.2 Å². The zero-order valence-corrected chi connectivity index (χ0v) is 12.5. The lowest BCUT2D eigenvalue weighted by molar-refractivity contribution is 0.101. The van der Waals surface area contributed by atoms with Crippen molar-refractivity contribution in [3.63, 3.8) is 0 Å².